The first-order valence-corrected chi connectivity index (χ1v) is 8.22. The molecule has 3 nitrogen and oxygen atoms in total. The van der Waals surface area contributed by atoms with Crippen molar-refractivity contribution < 1.29 is 9.53 Å². The monoisotopic (exact) mass is 309 g/mol. The van der Waals surface area contributed by atoms with Crippen molar-refractivity contribution in [1.82, 2.24) is 0 Å². The minimum absolute atomic E-state index is 0.00185. The molecule has 0 aliphatic carbocycles. The zero-order chi connectivity index (χ0) is 16.2. The molecule has 3 rings (SSSR count). The Balaban J connectivity index is 1.54. The molecule has 0 atom stereocenters. The molecule has 1 aliphatic rings. The maximum Gasteiger partial charge on any atom is 0.314 e. The summed E-state index contributed by atoms with van der Waals surface area (Å²) < 4.78 is 5.51. The van der Waals surface area contributed by atoms with E-state index < -0.39 is 0 Å². The minimum atomic E-state index is -0.0996. The van der Waals surface area contributed by atoms with Gasteiger partial charge in [-0.15, -0.1) is 0 Å². The highest BCUT2D eigenvalue weighted by Gasteiger charge is 2.26. The zero-order valence-corrected chi connectivity index (χ0v) is 13.8. The van der Waals surface area contributed by atoms with Crippen molar-refractivity contribution in [2.24, 2.45) is 5.92 Å². The number of carbonyl (C=O) groups excluding carboxylic acids is 1. The summed E-state index contributed by atoms with van der Waals surface area (Å²) in [5.41, 5.74) is 3.67. The molecule has 1 fully saturated rings. The van der Waals surface area contributed by atoms with Crippen LogP contribution in [-0.4, -0.2) is 19.1 Å². The molecule has 0 saturated carbocycles. The lowest BCUT2D eigenvalue weighted by molar-refractivity contribution is -0.139. The quantitative estimate of drug-likeness (QED) is 0.631. The Bertz CT molecular complexity index is 653. The molecule has 23 heavy (non-hydrogen) atoms. The zero-order valence-electron chi connectivity index (χ0n) is 13.8. The van der Waals surface area contributed by atoms with E-state index in [1.165, 1.54) is 11.3 Å². The van der Waals surface area contributed by atoms with Gasteiger partial charge in [-0.3, -0.25) is 4.79 Å². The number of aryl methyl sites for hydroxylation is 2. The maximum atomic E-state index is 12.3. The average Bonchev–Trinajstić information content (AvgIpc) is 2.58. The van der Waals surface area contributed by atoms with E-state index in [2.05, 4.69) is 36.1 Å². The van der Waals surface area contributed by atoms with Gasteiger partial charge < -0.3 is 9.64 Å². The van der Waals surface area contributed by atoms with Crippen molar-refractivity contribution >= 4 is 11.7 Å². The third-order valence-electron chi connectivity index (χ3n) is 4.47. The molecule has 1 aliphatic heterocycles. The summed E-state index contributed by atoms with van der Waals surface area (Å²) in [4.78, 5) is 14.6. The molecule has 0 radical (unpaired) electrons. The molecule has 0 aromatic heterocycles. The molecular weight excluding hydrogens is 286 g/mol. The Labute approximate surface area is 137 Å². The van der Waals surface area contributed by atoms with Gasteiger partial charge in [0, 0.05) is 18.8 Å². The van der Waals surface area contributed by atoms with Gasteiger partial charge in [0.2, 0.25) is 0 Å². The van der Waals surface area contributed by atoms with Crippen LogP contribution >= 0.6 is 0 Å². The molecule has 0 N–H and O–H groups in total. The van der Waals surface area contributed by atoms with Crippen LogP contribution in [0.1, 0.15) is 24.0 Å². The van der Waals surface area contributed by atoms with E-state index in [0.29, 0.717) is 5.75 Å². The van der Waals surface area contributed by atoms with E-state index in [-0.39, 0.29) is 11.9 Å². The van der Waals surface area contributed by atoms with Gasteiger partial charge in [0.05, 0.1) is 5.92 Å². The van der Waals surface area contributed by atoms with Crippen LogP contribution in [0.2, 0.25) is 0 Å². The van der Waals surface area contributed by atoms with E-state index in [4.69, 9.17) is 4.74 Å². The van der Waals surface area contributed by atoms with Gasteiger partial charge in [-0.1, -0.05) is 35.4 Å². The standard InChI is InChI=1S/C20H23NO2/c1-15-3-7-18(8-4-15)21-13-11-17(12-14-21)20(22)23-19-9-5-16(2)6-10-19/h3-10,17H,11-14H2,1-2H3. The minimum Gasteiger partial charge on any atom is -0.426 e. The second-order valence-corrected chi connectivity index (χ2v) is 6.33. The fraction of sp³-hybridized carbons (Fsp3) is 0.350. The molecule has 1 heterocycles. The number of esters is 1. The number of piperidine rings is 1. The first-order chi connectivity index (χ1) is 11.1. The molecule has 3 heteroatoms. The Morgan fingerprint density at radius 2 is 1.43 bits per heavy atom. The molecule has 0 spiro atoms. The lowest BCUT2D eigenvalue weighted by Gasteiger charge is -2.32. The highest BCUT2D eigenvalue weighted by Crippen LogP contribution is 2.25. The first kappa shape index (κ1) is 15.6. The van der Waals surface area contributed by atoms with E-state index in [1.807, 2.05) is 31.2 Å². The average molecular weight is 309 g/mol. The summed E-state index contributed by atoms with van der Waals surface area (Å²) in [6.07, 6.45) is 1.69. The van der Waals surface area contributed by atoms with Crippen LogP contribution < -0.4 is 9.64 Å². The Morgan fingerprint density at radius 1 is 0.913 bits per heavy atom. The molecule has 0 bridgehead atoms. The van der Waals surface area contributed by atoms with Crippen molar-refractivity contribution in [2.45, 2.75) is 26.7 Å². The summed E-state index contributed by atoms with van der Waals surface area (Å²) in [6.45, 7) is 5.91. The van der Waals surface area contributed by atoms with Crippen molar-refractivity contribution in [3.05, 3.63) is 59.7 Å². The second kappa shape index (κ2) is 6.86. The number of nitrogens with zero attached hydrogens (tertiary/aromatic N) is 1. The van der Waals surface area contributed by atoms with Crippen LogP contribution in [0, 0.1) is 19.8 Å². The Hall–Kier alpha value is -2.29. The molecular formula is C20H23NO2. The largest absolute Gasteiger partial charge is 0.426 e. The van der Waals surface area contributed by atoms with Gasteiger partial charge in [0.15, 0.2) is 0 Å². The van der Waals surface area contributed by atoms with Gasteiger partial charge in [0.25, 0.3) is 0 Å². The lowest BCUT2D eigenvalue weighted by atomic mass is 9.96. The van der Waals surface area contributed by atoms with Crippen molar-refractivity contribution in [1.29, 1.82) is 0 Å². The maximum absolute atomic E-state index is 12.3. The molecule has 2 aromatic carbocycles. The molecule has 2 aromatic rings. The number of hydrogen-bond donors (Lipinski definition) is 0. The van der Waals surface area contributed by atoms with Crippen LogP contribution in [-0.2, 0) is 4.79 Å². The van der Waals surface area contributed by atoms with Crippen LogP contribution in [0.4, 0.5) is 5.69 Å². The lowest BCUT2D eigenvalue weighted by Crippen LogP contribution is -2.37. The highest BCUT2D eigenvalue weighted by atomic mass is 16.5. The van der Waals surface area contributed by atoms with Crippen LogP contribution in [0.3, 0.4) is 0 Å². The number of benzene rings is 2. The fourth-order valence-electron chi connectivity index (χ4n) is 2.93. The molecule has 0 unspecified atom stereocenters. The Morgan fingerprint density at radius 3 is 2.00 bits per heavy atom. The van der Waals surface area contributed by atoms with Crippen molar-refractivity contribution in [2.75, 3.05) is 18.0 Å². The van der Waals surface area contributed by atoms with E-state index in [1.54, 1.807) is 0 Å². The molecule has 1 saturated heterocycles. The molecule has 0 amide bonds. The summed E-state index contributed by atoms with van der Waals surface area (Å²) in [7, 11) is 0. The van der Waals surface area contributed by atoms with Gasteiger partial charge in [-0.2, -0.15) is 0 Å². The van der Waals surface area contributed by atoms with Crippen LogP contribution in [0.5, 0.6) is 5.75 Å². The molecule has 120 valence electrons. The third kappa shape index (κ3) is 3.92. The van der Waals surface area contributed by atoms with Gasteiger partial charge in [0.1, 0.15) is 5.75 Å². The fourth-order valence-corrected chi connectivity index (χ4v) is 2.93. The van der Waals surface area contributed by atoms with Gasteiger partial charge >= 0.3 is 5.97 Å². The number of anilines is 1. The number of hydrogen-bond acceptors (Lipinski definition) is 3. The van der Waals surface area contributed by atoms with Crippen molar-refractivity contribution in [3.63, 3.8) is 0 Å². The predicted molar refractivity (Wildman–Crippen MR) is 92.9 cm³/mol. The van der Waals surface area contributed by atoms with Gasteiger partial charge in [-0.25, -0.2) is 0 Å². The summed E-state index contributed by atoms with van der Waals surface area (Å²) in [6, 6.07) is 16.2. The smallest absolute Gasteiger partial charge is 0.314 e. The summed E-state index contributed by atoms with van der Waals surface area (Å²) in [5.74, 6) is 0.539. The van der Waals surface area contributed by atoms with Gasteiger partial charge in [-0.05, 0) is 51.0 Å². The second-order valence-electron chi connectivity index (χ2n) is 6.33. The summed E-state index contributed by atoms with van der Waals surface area (Å²) >= 11 is 0. The Kier molecular flexibility index (Phi) is 4.65. The predicted octanol–water partition coefficient (Wildman–Crippen LogP) is 4.13. The van der Waals surface area contributed by atoms with Crippen LogP contribution in [0.15, 0.2) is 48.5 Å². The SMILES string of the molecule is Cc1ccc(OC(=O)C2CCN(c3ccc(C)cc3)CC2)cc1. The number of rotatable bonds is 3. The van der Waals surface area contributed by atoms with E-state index in [0.717, 1.165) is 31.5 Å². The summed E-state index contributed by atoms with van der Waals surface area (Å²) in [5, 5.41) is 0. The first-order valence-electron chi connectivity index (χ1n) is 8.22. The van der Waals surface area contributed by atoms with E-state index in [9.17, 15) is 4.79 Å². The topological polar surface area (TPSA) is 29.5 Å². The third-order valence-corrected chi connectivity index (χ3v) is 4.47. The van der Waals surface area contributed by atoms with E-state index >= 15 is 0 Å². The highest BCUT2D eigenvalue weighted by molar-refractivity contribution is 5.75. The van der Waals surface area contributed by atoms with Crippen molar-refractivity contribution in [3.8, 4) is 5.75 Å². The number of carbonyl (C=O) groups is 1. The van der Waals surface area contributed by atoms with Crippen LogP contribution in [0.25, 0.3) is 0 Å². The normalized spacial score (nSPS) is 15.5. The number of ether oxygens (including phenoxy) is 1.